The number of ether oxygens (including phenoxy) is 3. The first kappa shape index (κ1) is 38.1. The number of halogens is 1. The van der Waals surface area contributed by atoms with Crippen LogP contribution in [-0.4, -0.2) is 35.1 Å². The van der Waals surface area contributed by atoms with Gasteiger partial charge in [0, 0.05) is 24.1 Å². The van der Waals surface area contributed by atoms with E-state index in [-0.39, 0.29) is 36.3 Å². The molecule has 2 aromatic carbocycles. The van der Waals surface area contributed by atoms with Crippen molar-refractivity contribution in [3.63, 3.8) is 0 Å². The fourth-order valence-corrected chi connectivity index (χ4v) is 6.24. The Hall–Kier alpha value is -3.35. The van der Waals surface area contributed by atoms with Crippen LogP contribution in [0.2, 0.25) is 0 Å². The van der Waals surface area contributed by atoms with Gasteiger partial charge >= 0.3 is 5.97 Å². The fourth-order valence-electron chi connectivity index (χ4n) is 6.24. The molecular weight excluding hydrogens is 589 g/mol. The smallest absolute Gasteiger partial charge is 0.308 e. The van der Waals surface area contributed by atoms with Crippen LogP contribution in [0.5, 0.6) is 0 Å². The number of benzene rings is 2. The van der Waals surface area contributed by atoms with Crippen LogP contribution in [0.4, 0.5) is 4.39 Å². The van der Waals surface area contributed by atoms with Crippen LogP contribution < -0.4 is 0 Å². The summed E-state index contributed by atoms with van der Waals surface area (Å²) in [5.74, 6) is -0.363. The van der Waals surface area contributed by atoms with Gasteiger partial charge in [-0.15, -0.1) is 0 Å². The lowest BCUT2D eigenvalue weighted by Gasteiger charge is -2.33. The van der Waals surface area contributed by atoms with E-state index >= 15 is 0 Å². The number of hydrogen-bond acceptors (Lipinski definition) is 5. The molecule has 0 spiro atoms. The molecule has 5 nitrogen and oxygen atoms in total. The third-order valence-electron chi connectivity index (χ3n) is 8.02. The van der Waals surface area contributed by atoms with Crippen molar-refractivity contribution in [2.24, 2.45) is 0 Å². The summed E-state index contributed by atoms with van der Waals surface area (Å²) in [6, 6.07) is 15.5. The first-order valence-corrected chi connectivity index (χ1v) is 17.6. The number of aryl methyl sites for hydroxylation is 1. The predicted octanol–water partition coefficient (Wildman–Crippen LogP) is 10.4. The minimum atomic E-state index is -0.545. The van der Waals surface area contributed by atoms with Crippen molar-refractivity contribution < 1.29 is 23.4 Å². The second kappa shape index (κ2) is 17.7. The molecule has 3 atom stereocenters. The van der Waals surface area contributed by atoms with Crippen LogP contribution in [-0.2, 0) is 38.3 Å². The van der Waals surface area contributed by atoms with Gasteiger partial charge < -0.3 is 14.2 Å². The number of fused-ring (bicyclic) bond motifs is 2. The second-order valence-electron chi connectivity index (χ2n) is 13.1. The Morgan fingerprint density at radius 1 is 1.00 bits per heavy atom. The number of hydrogen-bond donors (Lipinski definition) is 0. The highest BCUT2D eigenvalue weighted by Gasteiger charge is 2.30. The predicted molar refractivity (Wildman–Crippen MR) is 191 cm³/mol. The molecule has 1 aliphatic carbocycles. The molecule has 0 saturated carbocycles. The number of esters is 1. The molecule has 2 aliphatic rings. The first-order valence-electron chi connectivity index (χ1n) is 17.6. The molecule has 6 heteroatoms. The SMILES string of the molecule is CC.CC.CC1O[C@@H](CC(=O)OC(C)(C)C)C[C@@H](/C=C/c2c(C(C)C)nc3c(c2-c2ccc(F)cc2)CCCc2ccccc2C3)O1. The van der Waals surface area contributed by atoms with Crippen molar-refractivity contribution in [1.29, 1.82) is 0 Å². The van der Waals surface area contributed by atoms with E-state index < -0.39 is 11.9 Å². The van der Waals surface area contributed by atoms with Crippen molar-refractivity contribution >= 4 is 12.0 Å². The van der Waals surface area contributed by atoms with Crippen LogP contribution in [0.1, 0.15) is 128 Å². The lowest BCUT2D eigenvalue weighted by Crippen LogP contribution is -2.38. The zero-order valence-electron chi connectivity index (χ0n) is 30.3. The molecule has 3 aromatic rings. The van der Waals surface area contributed by atoms with Gasteiger partial charge in [0.1, 0.15) is 11.4 Å². The Kier molecular flexibility index (Phi) is 14.4. The monoisotopic (exact) mass is 645 g/mol. The van der Waals surface area contributed by atoms with Crippen molar-refractivity contribution in [2.45, 2.75) is 138 Å². The van der Waals surface area contributed by atoms with Gasteiger partial charge in [-0.25, -0.2) is 4.39 Å². The van der Waals surface area contributed by atoms with Crippen molar-refractivity contribution in [1.82, 2.24) is 4.98 Å². The first-order chi connectivity index (χ1) is 22.5. The van der Waals surface area contributed by atoms with E-state index in [9.17, 15) is 9.18 Å². The molecule has 2 heterocycles. The molecule has 0 N–H and O–H groups in total. The van der Waals surface area contributed by atoms with Gasteiger partial charge in [0.05, 0.1) is 24.3 Å². The van der Waals surface area contributed by atoms with E-state index in [4.69, 9.17) is 19.2 Å². The van der Waals surface area contributed by atoms with Crippen molar-refractivity contribution in [3.05, 3.63) is 94.1 Å². The topological polar surface area (TPSA) is 57.7 Å². The molecule has 1 saturated heterocycles. The summed E-state index contributed by atoms with van der Waals surface area (Å²) in [6.45, 7) is 19.8. The number of pyridine rings is 1. The molecule has 1 aromatic heterocycles. The average molecular weight is 646 g/mol. The molecule has 0 amide bonds. The molecule has 5 rings (SSSR count). The molecule has 1 aliphatic heterocycles. The minimum Gasteiger partial charge on any atom is -0.460 e. The molecule has 0 bridgehead atoms. The summed E-state index contributed by atoms with van der Waals surface area (Å²) < 4.78 is 31.7. The molecule has 1 fully saturated rings. The highest BCUT2D eigenvalue weighted by Crippen LogP contribution is 2.38. The van der Waals surface area contributed by atoms with Gasteiger partial charge in [0.15, 0.2) is 6.29 Å². The largest absolute Gasteiger partial charge is 0.460 e. The maximum absolute atomic E-state index is 14.1. The normalized spacial score (nSPS) is 19.3. The van der Waals surface area contributed by atoms with Gasteiger partial charge in [-0.1, -0.05) is 90.1 Å². The van der Waals surface area contributed by atoms with Gasteiger partial charge in [-0.2, -0.15) is 0 Å². The average Bonchev–Trinajstić information content (AvgIpc) is 3.01. The highest BCUT2D eigenvalue weighted by molar-refractivity contribution is 5.80. The van der Waals surface area contributed by atoms with E-state index in [1.807, 2.05) is 67.5 Å². The number of aromatic nitrogens is 1. The van der Waals surface area contributed by atoms with Gasteiger partial charge in [0.2, 0.25) is 0 Å². The minimum absolute atomic E-state index is 0.166. The zero-order valence-corrected chi connectivity index (χ0v) is 30.3. The van der Waals surface area contributed by atoms with Crippen LogP contribution in [0, 0.1) is 5.82 Å². The Morgan fingerprint density at radius 3 is 2.30 bits per heavy atom. The zero-order chi connectivity index (χ0) is 34.7. The van der Waals surface area contributed by atoms with E-state index in [1.54, 1.807) is 0 Å². The maximum Gasteiger partial charge on any atom is 0.308 e. The summed E-state index contributed by atoms with van der Waals surface area (Å²) >= 11 is 0. The van der Waals surface area contributed by atoms with Gasteiger partial charge in [0.25, 0.3) is 0 Å². The summed E-state index contributed by atoms with van der Waals surface area (Å²) in [4.78, 5) is 17.9. The van der Waals surface area contributed by atoms with Gasteiger partial charge in [-0.05, 0) is 92.8 Å². The Morgan fingerprint density at radius 2 is 1.66 bits per heavy atom. The Labute approximate surface area is 283 Å². The number of nitrogens with zero attached hydrogens (tertiary/aromatic N) is 1. The van der Waals surface area contributed by atoms with Crippen LogP contribution >= 0.6 is 0 Å². The molecule has 256 valence electrons. The fraction of sp³-hybridized carbons (Fsp3) is 0.512. The van der Waals surface area contributed by atoms with Crippen molar-refractivity contribution in [3.8, 4) is 11.1 Å². The lowest BCUT2D eigenvalue weighted by molar-refractivity contribution is -0.225. The number of carbonyl (C=O) groups excluding carboxylic acids is 1. The molecule has 1 unspecified atom stereocenters. The summed E-state index contributed by atoms with van der Waals surface area (Å²) in [5, 5.41) is 0. The van der Waals surface area contributed by atoms with Gasteiger partial charge in [-0.3, -0.25) is 9.78 Å². The van der Waals surface area contributed by atoms with E-state index in [0.29, 0.717) is 6.42 Å². The van der Waals surface area contributed by atoms with Crippen LogP contribution in [0.25, 0.3) is 17.2 Å². The lowest BCUT2D eigenvalue weighted by atomic mass is 9.83. The third-order valence-corrected chi connectivity index (χ3v) is 8.02. The molecule has 47 heavy (non-hydrogen) atoms. The maximum atomic E-state index is 14.1. The van der Waals surface area contributed by atoms with E-state index in [1.165, 1.54) is 28.8 Å². The van der Waals surface area contributed by atoms with E-state index in [0.717, 1.165) is 53.8 Å². The number of rotatable bonds is 6. The summed E-state index contributed by atoms with van der Waals surface area (Å²) in [5.41, 5.74) is 8.65. The van der Waals surface area contributed by atoms with Crippen LogP contribution in [0.15, 0.2) is 54.6 Å². The Bertz CT molecular complexity index is 1470. The standard InChI is InChI=1S/C37H44FNO4.2C2H6/c1-23(2)36-32(19-18-29-21-30(42-24(3)41-29)22-34(40)43-37(4,5)6)35(26-14-16-28(38)17-15-26)31-13-9-12-25-10-7-8-11-27(25)20-33(31)39-36;2*1-2/h7-8,10-11,14-19,23-24,29-30H,9,12-13,20-22H2,1-6H3;2*1-2H3/b19-18+;;/t24?,29-,30-;;/m1../s1. The third kappa shape index (κ3) is 10.6. The Balaban J connectivity index is 0.00000144. The van der Waals surface area contributed by atoms with E-state index in [2.05, 4.69) is 50.3 Å². The van der Waals surface area contributed by atoms with Crippen LogP contribution in [0.3, 0.4) is 0 Å². The summed E-state index contributed by atoms with van der Waals surface area (Å²) in [7, 11) is 0. The second-order valence-corrected chi connectivity index (χ2v) is 13.1. The van der Waals surface area contributed by atoms with Crippen molar-refractivity contribution in [2.75, 3.05) is 0 Å². The summed E-state index contributed by atoms with van der Waals surface area (Å²) in [6.07, 6.45) is 7.61. The molecule has 0 radical (unpaired) electrons. The quantitative estimate of drug-likeness (QED) is 0.250. The highest BCUT2D eigenvalue weighted by atomic mass is 19.1. The molecular formula is C41H56FNO4. The number of carbonyl (C=O) groups is 1.